The summed E-state index contributed by atoms with van der Waals surface area (Å²) in [5.74, 6) is 0. The molecule has 0 aliphatic rings. The van der Waals surface area contributed by atoms with E-state index < -0.39 is 0 Å². The van der Waals surface area contributed by atoms with Crippen LogP contribution in [-0.2, 0) is 0 Å². The molecule has 0 bridgehead atoms. The summed E-state index contributed by atoms with van der Waals surface area (Å²) in [5, 5.41) is 16.8. The second-order valence-electron chi connectivity index (χ2n) is 13.6. The highest BCUT2D eigenvalue weighted by Crippen LogP contribution is 2.43. The van der Waals surface area contributed by atoms with Gasteiger partial charge < -0.3 is 13.4 Å². The molecular formula is C49H28N2O2. The van der Waals surface area contributed by atoms with Crippen molar-refractivity contribution in [3.63, 3.8) is 0 Å². The molecule has 4 nitrogen and oxygen atoms in total. The lowest BCUT2D eigenvalue weighted by Gasteiger charge is -2.09. The third-order valence-corrected chi connectivity index (χ3v) is 10.6. The van der Waals surface area contributed by atoms with Gasteiger partial charge in [0.2, 0.25) is 0 Å². The third kappa shape index (κ3) is 4.41. The van der Waals surface area contributed by atoms with Crippen LogP contribution in [0.3, 0.4) is 0 Å². The molecule has 0 amide bonds. The van der Waals surface area contributed by atoms with E-state index in [0.29, 0.717) is 11.1 Å². The fourth-order valence-electron chi connectivity index (χ4n) is 8.22. The van der Waals surface area contributed by atoms with Crippen LogP contribution in [0.5, 0.6) is 0 Å². The molecule has 11 aromatic rings. The molecule has 0 unspecified atom stereocenters. The maximum Gasteiger partial charge on any atom is 0.159 e. The lowest BCUT2D eigenvalue weighted by Crippen LogP contribution is -1.94. The Morgan fingerprint density at radius 2 is 1.02 bits per heavy atom. The average molecular weight is 677 g/mol. The molecule has 4 heteroatoms. The van der Waals surface area contributed by atoms with Gasteiger partial charge in [0.05, 0.1) is 22.3 Å². The Labute approximate surface area is 304 Å². The zero-order chi connectivity index (χ0) is 35.0. The summed E-state index contributed by atoms with van der Waals surface area (Å²) in [6.07, 6.45) is 0. The van der Waals surface area contributed by atoms with Crippen LogP contribution in [0.15, 0.2) is 179 Å². The monoisotopic (exact) mass is 676 g/mol. The molecule has 0 spiro atoms. The Kier molecular flexibility index (Phi) is 6.28. The number of rotatable bonds is 4. The minimum atomic E-state index is 0.492. The first kappa shape index (κ1) is 29.4. The van der Waals surface area contributed by atoms with Crippen molar-refractivity contribution >= 4 is 65.7 Å². The normalized spacial score (nSPS) is 11.8. The summed E-state index contributed by atoms with van der Waals surface area (Å²) in [4.78, 5) is 0. The van der Waals surface area contributed by atoms with Gasteiger partial charge in [0.15, 0.2) is 11.2 Å². The molecule has 3 aromatic heterocycles. The van der Waals surface area contributed by atoms with Crippen LogP contribution >= 0.6 is 0 Å². The standard InChI is InChI=1S/C49H28N2O2/c50-29-35-25-34(36-16-10-20-46-47(36)38-15-7-8-19-45(38)52-46)28-41-37-17-9-18-44(49(37)53-48(35)41)51-42-23-21-32(30-11-3-1-4-12-30)26-39(42)40-27-33(22-24-43(40)51)31-13-5-2-6-14-31/h1-28H. The van der Waals surface area contributed by atoms with E-state index >= 15 is 0 Å². The van der Waals surface area contributed by atoms with Crippen molar-refractivity contribution in [3.05, 3.63) is 175 Å². The maximum atomic E-state index is 10.5. The zero-order valence-corrected chi connectivity index (χ0v) is 28.4. The lowest BCUT2D eigenvalue weighted by molar-refractivity contribution is 0.665. The highest BCUT2D eigenvalue weighted by atomic mass is 16.3. The van der Waals surface area contributed by atoms with Gasteiger partial charge in [-0.3, -0.25) is 0 Å². The van der Waals surface area contributed by atoms with Crippen LogP contribution in [0.1, 0.15) is 5.56 Å². The third-order valence-electron chi connectivity index (χ3n) is 10.6. The quantitative estimate of drug-likeness (QED) is 0.186. The minimum absolute atomic E-state index is 0.492. The van der Waals surface area contributed by atoms with E-state index in [-0.39, 0.29) is 0 Å². The summed E-state index contributed by atoms with van der Waals surface area (Å²) in [7, 11) is 0. The first-order valence-corrected chi connectivity index (χ1v) is 17.7. The Morgan fingerprint density at radius 3 is 1.72 bits per heavy atom. The number of furan rings is 2. The fourth-order valence-corrected chi connectivity index (χ4v) is 8.22. The second-order valence-corrected chi connectivity index (χ2v) is 13.6. The minimum Gasteiger partial charge on any atom is -0.456 e. The average Bonchev–Trinajstić information content (AvgIpc) is 3.90. The number of hydrogen-bond acceptors (Lipinski definition) is 3. The molecular weight excluding hydrogens is 649 g/mol. The number of aromatic nitrogens is 1. The Bertz CT molecular complexity index is 3190. The van der Waals surface area contributed by atoms with Gasteiger partial charge in [0, 0.05) is 32.3 Å². The van der Waals surface area contributed by atoms with Gasteiger partial charge in [0.1, 0.15) is 17.2 Å². The largest absolute Gasteiger partial charge is 0.456 e. The fraction of sp³-hybridized carbons (Fsp3) is 0. The molecule has 0 saturated carbocycles. The van der Waals surface area contributed by atoms with E-state index in [4.69, 9.17) is 8.83 Å². The molecule has 0 saturated heterocycles. The summed E-state index contributed by atoms with van der Waals surface area (Å²) >= 11 is 0. The zero-order valence-electron chi connectivity index (χ0n) is 28.4. The van der Waals surface area contributed by atoms with Gasteiger partial charge in [-0.05, 0) is 88.0 Å². The molecule has 3 heterocycles. The van der Waals surface area contributed by atoms with Crippen molar-refractivity contribution in [2.75, 3.05) is 0 Å². The topological polar surface area (TPSA) is 55.0 Å². The molecule has 0 aliphatic carbocycles. The summed E-state index contributed by atoms with van der Waals surface area (Å²) in [6.45, 7) is 0. The van der Waals surface area contributed by atoms with Gasteiger partial charge in [-0.2, -0.15) is 5.26 Å². The van der Waals surface area contributed by atoms with Crippen molar-refractivity contribution in [3.8, 4) is 45.1 Å². The van der Waals surface area contributed by atoms with E-state index in [9.17, 15) is 5.26 Å². The van der Waals surface area contributed by atoms with Crippen molar-refractivity contribution in [2.45, 2.75) is 0 Å². The number of nitriles is 1. The number of para-hydroxylation sites is 2. The van der Waals surface area contributed by atoms with Crippen molar-refractivity contribution in [2.24, 2.45) is 0 Å². The van der Waals surface area contributed by atoms with Crippen LogP contribution in [0.2, 0.25) is 0 Å². The predicted octanol–water partition coefficient (Wildman–Crippen LogP) is 13.5. The Balaban J connectivity index is 1.17. The Hall–Kier alpha value is -7.35. The van der Waals surface area contributed by atoms with Crippen LogP contribution in [0.4, 0.5) is 0 Å². The molecule has 53 heavy (non-hydrogen) atoms. The molecule has 8 aromatic carbocycles. The molecule has 0 radical (unpaired) electrons. The van der Waals surface area contributed by atoms with Crippen molar-refractivity contribution in [1.82, 2.24) is 4.57 Å². The van der Waals surface area contributed by atoms with Crippen molar-refractivity contribution in [1.29, 1.82) is 5.26 Å². The predicted molar refractivity (Wildman–Crippen MR) is 216 cm³/mol. The molecule has 246 valence electrons. The number of fused-ring (bicyclic) bond motifs is 9. The van der Waals surface area contributed by atoms with Crippen LogP contribution in [0.25, 0.3) is 105 Å². The van der Waals surface area contributed by atoms with E-state index in [0.717, 1.165) is 88.0 Å². The summed E-state index contributed by atoms with van der Waals surface area (Å²) in [6, 6.07) is 61.5. The van der Waals surface area contributed by atoms with E-state index in [2.05, 4.69) is 144 Å². The number of benzene rings is 8. The maximum absolute atomic E-state index is 10.5. The van der Waals surface area contributed by atoms with Gasteiger partial charge in [-0.25, -0.2) is 0 Å². The number of nitrogens with zero attached hydrogens (tertiary/aromatic N) is 2. The van der Waals surface area contributed by atoms with E-state index in [1.165, 1.54) is 11.1 Å². The van der Waals surface area contributed by atoms with Crippen LogP contribution in [0, 0.1) is 11.3 Å². The first-order chi connectivity index (χ1) is 26.2. The molecule has 0 N–H and O–H groups in total. The number of hydrogen-bond donors (Lipinski definition) is 0. The van der Waals surface area contributed by atoms with Gasteiger partial charge in [-0.1, -0.05) is 115 Å². The van der Waals surface area contributed by atoms with Gasteiger partial charge >= 0.3 is 0 Å². The van der Waals surface area contributed by atoms with Crippen LogP contribution < -0.4 is 0 Å². The highest BCUT2D eigenvalue weighted by Gasteiger charge is 2.22. The molecule has 0 aliphatic heterocycles. The van der Waals surface area contributed by atoms with E-state index in [1.54, 1.807) is 0 Å². The smallest absolute Gasteiger partial charge is 0.159 e. The van der Waals surface area contributed by atoms with Crippen molar-refractivity contribution < 1.29 is 8.83 Å². The molecule has 11 rings (SSSR count). The van der Waals surface area contributed by atoms with Gasteiger partial charge in [0.25, 0.3) is 0 Å². The second kappa shape index (κ2) is 11.3. The van der Waals surface area contributed by atoms with Crippen LogP contribution in [-0.4, -0.2) is 4.57 Å². The highest BCUT2D eigenvalue weighted by molar-refractivity contribution is 6.17. The summed E-state index contributed by atoms with van der Waals surface area (Å²) < 4.78 is 15.3. The Morgan fingerprint density at radius 1 is 0.415 bits per heavy atom. The van der Waals surface area contributed by atoms with E-state index in [1.807, 2.05) is 36.4 Å². The lowest BCUT2D eigenvalue weighted by atomic mass is 9.96. The molecule has 0 fully saturated rings. The van der Waals surface area contributed by atoms with Gasteiger partial charge in [-0.15, -0.1) is 0 Å². The first-order valence-electron chi connectivity index (χ1n) is 17.7. The SMILES string of the molecule is N#Cc1cc(-c2cccc3oc4ccccc4c23)cc2c1oc1c(-n3c4ccc(-c5ccccc5)cc4c4cc(-c5ccccc5)ccc43)cccc12. The molecule has 0 atom stereocenters. The summed E-state index contributed by atoms with van der Waals surface area (Å²) in [5.41, 5.74) is 13.2.